The van der Waals surface area contributed by atoms with Gasteiger partial charge in [-0.2, -0.15) is 0 Å². The lowest BCUT2D eigenvalue weighted by Gasteiger charge is -2.16. The number of hydrogen-bond donors (Lipinski definition) is 2. The molecule has 0 atom stereocenters. The summed E-state index contributed by atoms with van der Waals surface area (Å²) in [5.74, 6) is -0.292. The summed E-state index contributed by atoms with van der Waals surface area (Å²) in [6, 6.07) is 3.57. The number of hydrogen-bond acceptors (Lipinski definition) is 5. The summed E-state index contributed by atoms with van der Waals surface area (Å²) in [5, 5.41) is 7.72. The largest absolute Gasteiger partial charge is 0.383 e. The van der Waals surface area contributed by atoms with Crippen molar-refractivity contribution in [3.05, 3.63) is 22.4 Å². The fourth-order valence-electron chi connectivity index (χ4n) is 1.52. The molecule has 2 N–H and O–H groups in total. The number of carbonyl (C=O) groups excluding carboxylic acids is 2. The summed E-state index contributed by atoms with van der Waals surface area (Å²) in [7, 11) is 3.27. The monoisotopic (exact) mass is 299 g/mol. The average Bonchev–Trinajstić information content (AvgIpc) is 2.95. The highest BCUT2D eigenvalue weighted by molar-refractivity contribution is 7.12. The van der Waals surface area contributed by atoms with Crippen LogP contribution in [0.1, 0.15) is 9.67 Å². The van der Waals surface area contributed by atoms with Crippen LogP contribution in [0.5, 0.6) is 0 Å². The number of rotatable bonds is 9. The smallest absolute Gasteiger partial charge is 0.264 e. The van der Waals surface area contributed by atoms with E-state index in [1.807, 2.05) is 11.4 Å². The molecule has 112 valence electrons. The van der Waals surface area contributed by atoms with E-state index in [1.165, 1.54) is 16.2 Å². The van der Waals surface area contributed by atoms with Gasteiger partial charge in [-0.1, -0.05) is 6.07 Å². The van der Waals surface area contributed by atoms with Crippen molar-refractivity contribution in [1.29, 1.82) is 0 Å². The van der Waals surface area contributed by atoms with Crippen LogP contribution < -0.4 is 10.6 Å². The molecule has 0 spiro atoms. The predicted octanol–water partition coefficient (Wildman–Crippen LogP) is 0.172. The van der Waals surface area contributed by atoms with E-state index in [-0.39, 0.29) is 18.4 Å². The highest BCUT2D eigenvalue weighted by Crippen LogP contribution is 2.10. The molecule has 0 saturated carbocycles. The van der Waals surface area contributed by atoms with E-state index in [0.717, 1.165) is 6.54 Å². The first kappa shape index (κ1) is 16.6. The quantitative estimate of drug-likeness (QED) is 0.638. The van der Waals surface area contributed by atoms with E-state index >= 15 is 0 Å². The summed E-state index contributed by atoms with van der Waals surface area (Å²) in [4.78, 5) is 25.6. The summed E-state index contributed by atoms with van der Waals surface area (Å²) in [6.07, 6.45) is 0. The van der Waals surface area contributed by atoms with Crippen molar-refractivity contribution in [2.75, 3.05) is 46.9 Å². The molecule has 1 heterocycles. The molecule has 1 aromatic rings. The van der Waals surface area contributed by atoms with E-state index in [9.17, 15) is 9.59 Å². The van der Waals surface area contributed by atoms with Gasteiger partial charge in [-0.15, -0.1) is 11.3 Å². The standard InChI is InChI=1S/C13H21N3O3S/c1-16(13(18)11-4-3-9-20-11)10-12(17)15-6-5-14-7-8-19-2/h3-4,9,14H,5-8,10H2,1-2H3,(H,15,17). The van der Waals surface area contributed by atoms with Crippen LogP contribution in [-0.2, 0) is 9.53 Å². The number of amides is 2. The second-order valence-corrected chi connectivity index (χ2v) is 5.18. The lowest BCUT2D eigenvalue weighted by molar-refractivity contribution is -0.121. The van der Waals surface area contributed by atoms with Crippen LogP contribution in [0.15, 0.2) is 17.5 Å². The first-order chi connectivity index (χ1) is 9.65. The lowest BCUT2D eigenvalue weighted by atomic mass is 10.4. The SMILES string of the molecule is COCCNCCNC(=O)CN(C)C(=O)c1cccs1. The van der Waals surface area contributed by atoms with Crippen LogP contribution in [-0.4, -0.2) is 63.7 Å². The van der Waals surface area contributed by atoms with Gasteiger partial charge in [0, 0.05) is 33.8 Å². The van der Waals surface area contributed by atoms with Crippen LogP contribution in [0, 0.1) is 0 Å². The number of thiophene rings is 1. The molecule has 0 aliphatic carbocycles. The summed E-state index contributed by atoms with van der Waals surface area (Å²) in [6.45, 7) is 2.67. The van der Waals surface area contributed by atoms with Crippen LogP contribution in [0.3, 0.4) is 0 Å². The molecule has 0 fully saturated rings. The molecule has 0 aliphatic heterocycles. The zero-order chi connectivity index (χ0) is 14.8. The molecule has 6 nitrogen and oxygen atoms in total. The topological polar surface area (TPSA) is 70.7 Å². The molecule has 1 rings (SSSR count). The second kappa shape index (κ2) is 9.46. The van der Waals surface area contributed by atoms with Gasteiger partial charge in [0.2, 0.25) is 5.91 Å². The highest BCUT2D eigenvalue weighted by Gasteiger charge is 2.15. The van der Waals surface area contributed by atoms with Crippen molar-refractivity contribution in [1.82, 2.24) is 15.5 Å². The van der Waals surface area contributed by atoms with Crippen molar-refractivity contribution in [2.45, 2.75) is 0 Å². The summed E-state index contributed by atoms with van der Waals surface area (Å²) < 4.78 is 4.89. The van der Waals surface area contributed by atoms with Crippen molar-refractivity contribution in [2.24, 2.45) is 0 Å². The number of methoxy groups -OCH3 is 1. The van der Waals surface area contributed by atoms with E-state index < -0.39 is 0 Å². The van der Waals surface area contributed by atoms with Gasteiger partial charge in [-0.05, 0) is 11.4 Å². The molecule has 0 radical (unpaired) electrons. The molecular formula is C13H21N3O3S. The highest BCUT2D eigenvalue weighted by atomic mass is 32.1. The van der Waals surface area contributed by atoms with Gasteiger partial charge in [-0.3, -0.25) is 9.59 Å². The molecule has 7 heteroatoms. The molecular weight excluding hydrogens is 278 g/mol. The van der Waals surface area contributed by atoms with Gasteiger partial charge < -0.3 is 20.3 Å². The van der Waals surface area contributed by atoms with E-state index in [2.05, 4.69) is 10.6 Å². The van der Waals surface area contributed by atoms with E-state index in [1.54, 1.807) is 20.2 Å². The average molecular weight is 299 g/mol. The van der Waals surface area contributed by atoms with E-state index in [0.29, 0.717) is 24.6 Å². The van der Waals surface area contributed by atoms with Crippen molar-refractivity contribution < 1.29 is 14.3 Å². The fraction of sp³-hybridized carbons (Fsp3) is 0.538. The molecule has 2 amide bonds. The van der Waals surface area contributed by atoms with Crippen molar-refractivity contribution >= 4 is 23.2 Å². The Labute approximate surface area is 123 Å². The third-order valence-electron chi connectivity index (χ3n) is 2.57. The fourth-order valence-corrected chi connectivity index (χ4v) is 2.24. The van der Waals surface area contributed by atoms with Gasteiger partial charge in [0.1, 0.15) is 0 Å². The Morgan fingerprint density at radius 1 is 1.35 bits per heavy atom. The number of nitrogens with one attached hydrogen (secondary N) is 2. The molecule has 20 heavy (non-hydrogen) atoms. The van der Waals surface area contributed by atoms with Crippen LogP contribution >= 0.6 is 11.3 Å². The third kappa shape index (κ3) is 6.14. The molecule has 0 aromatic carbocycles. The van der Waals surface area contributed by atoms with Gasteiger partial charge in [0.25, 0.3) is 5.91 Å². The van der Waals surface area contributed by atoms with Gasteiger partial charge >= 0.3 is 0 Å². The molecule has 0 bridgehead atoms. The zero-order valence-electron chi connectivity index (χ0n) is 11.8. The Morgan fingerprint density at radius 2 is 2.15 bits per heavy atom. The molecule has 0 unspecified atom stereocenters. The Morgan fingerprint density at radius 3 is 2.80 bits per heavy atom. The molecule has 1 aromatic heterocycles. The Balaban J connectivity index is 2.17. The summed E-state index contributed by atoms with van der Waals surface area (Å²) >= 11 is 1.37. The van der Waals surface area contributed by atoms with Gasteiger partial charge in [-0.25, -0.2) is 0 Å². The molecule has 0 aliphatic rings. The number of likely N-dealkylation sites (N-methyl/N-ethyl adjacent to an activating group) is 1. The number of ether oxygens (including phenoxy) is 1. The first-order valence-electron chi connectivity index (χ1n) is 6.40. The maximum absolute atomic E-state index is 11.9. The Kier molecular flexibility index (Phi) is 7.86. The van der Waals surface area contributed by atoms with Crippen LogP contribution in [0.2, 0.25) is 0 Å². The van der Waals surface area contributed by atoms with Crippen LogP contribution in [0.25, 0.3) is 0 Å². The Hall–Kier alpha value is -1.44. The normalized spacial score (nSPS) is 10.3. The van der Waals surface area contributed by atoms with Crippen molar-refractivity contribution in [3.63, 3.8) is 0 Å². The van der Waals surface area contributed by atoms with Crippen molar-refractivity contribution in [3.8, 4) is 0 Å². The van der Waals surface area contributed by atoms with Crippen LogP contribution in [0.4, 0.5) is 0 Å². The minimum absolute atomic E-state index is 0.0643. The maximum atomic E-state index is 11.9. The minimum Gasteiger partial charge on any atom is -0.383 e. The lowest BCUT2D eigenvalue weighted by Crippen LogP contribution is -2.40. The first-order valence-corrected chi connectivity index (χ1v) is 7.28. The van der Waals surface area contributed by atoms with Gasteiger partial charge in [0.15, 0.2) is 0 Å². The second-order valence-electron chi connectivity index (χ2n) is 4.23. The number of nitrogens with zero attached hydrogens (tertiary/aromatic N) is 1. The zero-order valence-corrected chi connectivity index (χ0v) is 12.7. The predicted molar refractivity (Wildman–Crippen MR) is 79.0 cm³/mol. The number of carbonyl (C=O) groups is 2. The summed E-state index contributed by atoms with van der Waals surface area (Å²) in [5.41, 5.74) is 0. The third-order valence-corrected chi connectivity index (χ3v) is 3.42. The Bertz CT molecular complexity index is 409. The van der Waals surface area contributed by atoms with E-state index in [4.69, 9.17) is 4.74 Å². The maximum Gasteiger partial charge on any atom is 0.264 e. The molecule has 0 saturated heterocycles. The van der Waals surface area contributed by atoms with Gasteiger partial charge in [0.05, 0.1) is 18.0 Å². The minimum atomic E-state index is -0.161.